The van der Waals surface area contributed by atoms with E-state index in [1.807, 2.05) is 0 Å². The maximum Gasteiger partial charge on any atom is -0.00104 e. The van der Waals surface area contributed by atoms with Gasteiger partial charge in [-0.05, 0) is 103 Å². The Balaban J connectivity index is 1.99. The van der Waals surface area contributed by atoms with E-state index in [4.69, 9.17) is 0 Å². The van der Waals surface area contributed by atoms with Crippen molar-refractivity contribution in [2.45, 2.75) is 52.9 Å². The Kier molecular flexibility index (Phi) is 2.57. The number of hydrogen-bond acceptors (Lipinski definition) is 0. The van der Waals surface area contributed by atoms with E-state index in [9.17, 15) is 0 Å². The van der Waals surface area contributed by atoms with Gasteiger partial charge in [0.25, 0.3) is 0 Å². The molecule has 0 aliphatic heterocycles. The molecule has 4 rings (SSSR count). The molecule has 2 aromatic rings. The molecule has 0 aromatic heterocycles. The first kappa shape index (κ1) is 12.2. The molecule has 102 valence electrons. The Hall–Kier alpha value is -1.56. The third kappa shape index (κ3) is 1.54. The fourth-order valence-electron chi connectivity index (χ4n) is 4.21. The van der Waals surface area contributed by atoms with Crippen molar-refractivity contribution < 1.29 is 0 Å². The summed E-state index contributed by atoms with van der Waals surface area (Å²) < 4.78 is 0. The number of aryl methyl sites for hydroxylation is 2. The zero-order valence-electron chi connectivity index (χ0n) is 12.8. The van der Waals surface area contributed by atoms with Gasteiger partial charge in [-0.2, -0.15) is 0 Å². The maximum atomic E-state index is 2.42. The summed E-state index contributed by atoms with van der Waals surface area (Å²) in [6, 6.07) is 7.22. The van der Waals surface area contributed by atoms with E-state index in [0.29, 0.717) is 0 Å². The molecule has 0 saturated carbocycles. The van der Waals surface area contributed by atoms with E-state index in [-0.39, 0.29) is 0 Å². The average molecular weight is 262 g/mol. The fourth-order valence-corrected chi connectivity index (χ4v) is 4.21. The summed E-state index contributed by atoms with van der Waals surface area (Å²) in [4.78, 5) is 0. The molecule has 2 aliphatic carbocycles. The Morgan fingerprint density at radius 3 is 2.45 bits per heavy atom. The SMILES string of the molecule is Cc1cc2c(c(C)c1C)-c1ccc3c(c1C2)CCCC3. The predicted octanol–water partition coefficient (Wildman–Crippen LogP) is 5.06. The maximum absolute atomic E-state index is 2.42. The molecule has 0 radical (unpaired) electrons. The Morgan fingerprint density at radius 1 is 0.800 bits per heavy atom. The van der Waals surface area contributed by atoms with Crippen LogP contribution in [0.1, 0.15) is 51.8 Å². The largest absolute Gasteiger partial charge is 0.0581 e. The molecule has 20 heavy (non-hydrogen) atoms. The molecule has 0 atom stereocenters. The van der Waals surface area contributed by atoms with Gasteiger partial charge in [0.15, 0.2) is 0 Å². The molecular weight excluding hydrogens is 240 g/mol. The molecule has 2 aromatic carbocycles. The summed E-state index contributed by atoms with van der Waals surface area (Å²) in [7, 11) is 0. The molecular formula is C20H22. The van der Waals surface area contributed by atoms with Crippen LogP contribution in [0, 0.1) is 20.8 Å². The van der Waals surface area contributed by atoms with Crippen LogP contribution in [0.15, 0.2) is 18.2 Å². The Morgan fingerprint density at radius 2 is 1.60 bits per heavy atom. The molecule has 0 heterocycles. The molecule has 0 amide bonds. The Labute approximate surface area is 121 Å². The van der Waals surface area contributed by atoms with Crippen LogP contribution in [0.25, 0.3) is 11.1 Å². The number of rotatable bonds is 0. The third-order valence-electron chi connectivity index (χ3n) is 5.53. The van der Waals surface area contributed by atoms with Crippen molar-refractivity contribution in [3.8, 4) is 11.1 Å². The summed E-state index contributed by atoms with van der Waals surface area (Å²) >= 11 is 0. The zero-order chi connectivity index (χ0) is 13.9. The minimum absolute atomic E-state index is 1.16. The van der Waals surface area contributed by atoms with Gasteiger partial charge in [0.1, 0.15) is 0 Å². The molecule has 0 nitrogen and oxygen atoms in total. The third-order valence-corrected chi connectivity index (χ3v) is 5.53. The molecule has 0 saturated heterocycles. The molecule has 0 spiro atoms. The van der Waals surface area contributed by atoms with Crippen LogP contribution in [0.5, 0.6) is 0 Å². The van der Waals surface area contributed by atoms with Crippen LogP contribution in [-0.2, 0) is 19.3 Å². The van der Waals surface area contributed by atoms with Gasteiger partial charge in [-0.1, -0.05) is 18.2 Å². The van der Waals surface area contributed by atoms with Crippen molar-refractivity contribution >= 4 is 0 Å². The average Bonchev–Trinajstić information content (AvgIpc) is 2.83. The van der Waals surface area contributed by atoms with Crippen molar-refractivity contribution in [1.82, 2.24) is 0 Å². The lowest BCUT2D eigenvalue weighted by atomic mass is 9.86. The second-order valence-corrected chi connectivity index (χ2v) is 6.59. The van der Waals surface area contributed by atoms with Crippen LogP contribution in [0.2, 0.25) is 0 Å². The minimum atomic E-state index is 1.16. The quantitative estimate of drug-likeness (QED) is 0.531. The molecule has 0 fully saturated rings. The minimum Gasteiger partial charge on any atom is -0.0581 e. The highest BCUT2D eigenvalue weighted by Crippen LogP contribution is 2.44. The number of hydrogen-bond donors (Lipinski definition) is 0. The van der Waals surface area contributed by atoms with Crippen molar-refractivity contribution in [3.05, 3.63) is 57.1 Å². The lowest BCUT2D eigenvalue weighted by molar-refractivity contribution is 0.681. The van der Waals surface area contributed by atoms with Gasteiger partial charge in [0, 0.05) is 0 Å². The summed E-state index contributed by atoms with van der Waals surface area (Å²) in [6.45, 7) is 6.82. The molecule has 0 heteroatoms. The van der Waals surface area contributed by atoms with Gasteiger partial charge in [-0.25, -0.2) is 0 Å². The lowest BCUT2D eigenvalue weighted by Crippen LogP contribution is -2.05. The highest BCUT2D eigenvalue weighted by atomic mass is 14.3. The van der Waals surface area contributed by atoms with E-state index >= 15 is 0 Å². The summed E-state index contributed by atoms with van der Waals surface area (Å²) in [6.07, 6.45) is 6.49. The molecule has 0 N–H and O–H groups in total. The highest BCUT2D eigenvalue weighted by molar-refractivity contribution is 5.82. The second kappa shape index (κ2) is 4.22. The highest BCUT2D eigenvalue weighted by Gasteiger charge is 2.26. The summed E-state index contributed by atoms with van der Waals surface area (Å²) in [5, 5.41) is 0. The van der Waals surface area contributed by atoms with Gasteiger partial charge in [0.2, 0.25) is 0 Å². The van der Waals surface area contributed by atoms with E-state index in [0.717, 1.165) is 6.42 Å². The standard InChI is InChI=1S/C20H22/c1-12-10-16-11-19-17-7-5-4-6-15(17)8-9-18(19)20(16)14(3)13(12)2/h8-10H,4-7,11H2,1-3H3. The van der Waals surface area contributed by atoms with E-state index in [1.54, 1.807) is 22.3 Å². The predicted molar refractivity (Wildman–Crippen MR) is 85.5 cm³/mol. The normalized spacial score (nSPS) is 15.8. The first-order chi connectivity index (χ1) is 9.66. The first-order valence-electron chi connectivity index (χ1n) is 7.90. The summed E-state index contributed by atoms with van der Waals surface area (Å²) in [5.41, 5.74) is 14.0. The van der Waals surface area contributed by atoms with E-state index in [1.165, 1.54) is 53.5 Å². The van der Waals surface area contributed by atoms with Crippen molar-refractivity contribution in [2.75, 3.05) is 0 Å². The molecule has 0 bridgehead atoms. The van der Waals surface area contributed by atoms with Crippen LogP contribution in [0.3, 0.4) is 0 Å². The van der Waals surface area contributed by atoms with Crippen molar-refractivity contribution in [2.24, 2.45) is 0 Å². The lowest BCUT2D eigenvalue weighted by Gasteiger charge is -2.19. The van der Waals surface area contributed by atoms with Crippen LogP contribution < -0.4 is 0 Å². The van der Waals surface area contributed by atoms with Gasteiger partial charge < -0.3 is 0 Å². The van der Waals surface area contributed by atoms with Crippen LogP contribution in [0.4, 0.5) is 0 Å². The second-order valence-electron chi connectivity index (χ2n) is 6.59. The van der Waals surface area contributed by atoms with Gasteiger partial charge >= 0.3 is 0 Å². The summed E-state index contributed by atoms with van der Waals surface area (Å²) in [5.74, 6) is 0. The Bertz CT molecular complexity index is 720. The number of benzene rings is 2. The van der Waals surface area contributed by atoms with Gasteiger partial charge in [-0.3, -0.25) is 0 Å². The fraction of sp³-hybridized carbons (Fsp3) is 0.400. The van der Waals surface area contributed by atoms with Crippen molar-refractivity contribution in [3.63, 3.8) is 0 Å². The molecule has 2 aliphatic rings. The first-order valence-corrected chi connectivity index (χ1v) is 7.90. The van der Waals surface area contributed by atoms with Crippen molar-refractivity contribution in [1.29, 1.82) is 0 Å². The van der Waals surface area contributed by atoms with Gasteiger partial charge in [0.05, 0.1) is 0 Å². The molecule has 0 unspecified atom stereocenters. The number of fused-ring (bicyclic) bond motifs is 5. The van der Waals surface area contributed by atoms with Gasteiger partial charge in [-0.15, -0.1) is 0 Å². The monoisotopic (exact) mass is 262 g/mol. The zero-order valence-corrected chi connectivity index (χ0v) is 12.8. The van der Waals surface area contributed by atoms with Crippen LogP contribution >= 0.6 is 0 Å². The van der Waals surface area contributed by atoms with E-state index in [2.05, 4.69) is 39.0 Å². The van der Waals surface area contributed by atoms with E-state index < -0.39 is 0 Å². The van der Waals surface area contributed by atoms with Crippen LogP contribution in [-0.4, -0.2) is 0 Å². The smallest absolute Gasteiger partial charge is 0.00104 e. The topological polar surface area (TPSA) is 0 Å².